The molecule has 3 heterocycles. The van der Waals surface area contributed by atoms with Crippen molar-refractivity contribution in [2.24, 2.45) is 11.8 Å². The van der Waals surface area contributed by atoms with E-state index in [1.54, 1.807) is 12.2 Å². The summed E-state index contributed by atoms with van der Waals surface area (Å²) in [5.41, 5.74) is -2.37. The molecule has 0 N–H and O–H groups in total. The van der Waals surface area contributed by atoms with Gasteiger partial charge in [-0.25, -0.2) is 4.90 Å². The second-order valence-corrected chi connectivity index (χ2v) is 6.74. The maximum atomic E-state index is 13.0. The Bertz CT molecular complexity index is 880. The van der Waals surface area contributed by atoms with Crippen molar-refractivity contribution in [1.82, 2.24) is 0 Å². The lowest BCUT2D eigenvalue weighted by Crippen LogP contribution is -2.44. The number of imide groups is 1. The zero-order valence-corrected chi connectivity index (χ0v) is 14.0. The average Bonchev–Trinajstić information content (AvgIpc) is 3.23. The van der Waals surface area contributed by atoms with Crippen molar-refractivity contribution in [2.75, 3.05) is 11.5 Å². The van der Waals surface area contributed by atoms with Gasteiger partial charge in [-0.3, -0.25) is 14.4 Å². The third-order valence-corrected chi connectivity index (χ3v) is 5.09. The number of rotatable bonds is 3. The molecule has 9 heteroatoms. The number of esters is 1. The van der Waals surface area contributed by atoms with Crippen molar-refractivity contribution in [2.45, 2.75) is 24.8 Å². The van der Waals surface area contributed by atoms with Gasteiger partial charge in [-0.05, 0) is 24.3 Å². The van der Waals surface area contributed by atoms with Gasteiger partial charge in [0, 0.05) is 6.92 Å². The summed E-state index contributed by atoms with van der Waals surface area (Å²) in [7, 11) is 0. The molecule has 2 bridgehead atoms. The van der Waals surface area contributed by atoms with Crippen LogP contribution in [0.2, 0.25) is 0 Å². The minimum Gasteiger partial charge on any atom is -0.462 e. The third-order valence-electron chi connectivity index (χ3n) is 5.09. The van der Waals surface area contributed by atoms with Crippen molar-refractivity contribution in [3.05, 3.63) is 42.0 Å². The smallest absolute Gasteiger partial charge is 0.416 e. The van der Waals surface area contributed by atoms with Gasteiger partial charge in [-0.2, -0.15) is 13.2 Å². The Morgan fingerprint density at radius 3 is 2.70 bits per heavy atom. The molecule has 4 rings (SSSR count). The fraction of sp³-hybridized carbons (Fsp3) is 0.389. The molecule has 1 aromatic carbocycles. The van der Waals surface area contributed by atoms with Crippen LogP contribution >= 0.6 is 0 Å². The number of ether oxygens (including phenoxy) is 2. The fourth-order valence-electron chi connectivity index (χ4n) is 3.96. The van der Waals surface area contributed by atoms with Crippen molar-refractivity contribution < 1.29 is 37.0 Å². The van der Waals surface area contributed by atoms with Crippen molar-refractivity contribution in [1.29, 1.82) is 0 Å². The molecule has 0 saturated carbocycles. The normalized spacial score (nSPS) is 31.6. The molecular formula is C18H14F3NO5. The van der Waals surface area contributed by atoms with Crippen LogP contribution in [0.1, 0.15) is 12.5 Å². The molecule has 1 aromatic rings. The van der Waals surface area contributed by atoms with Crippen LogP contribution in [-0.4, -0.2) is 36.1 Å². The van der Waals surface area contributed by atoms with Crippen molar-refractivity contribution in [3.8, 4) is 0 Å². The van der Waals surface area contributed by atoms with Gasteiger partial charge in [0.15, 0.2) is 0 Å². The Balaban J connectivity index is 1.69. The highest BCUT2D eigenvalue weighted by molar-refractivity contribution is 6.23. The van der Waals surface area contributed by atoms with Crippen LogP contribution in [0.4, 0.5) is 18.9 Å². The summed E-state index contributed by atoms with van der Waals surface area (Å²) in [6.07, 6.45) is -2.08. The van der Waals surface area contributed by atoms with Crippen molar-refractivity contribution in [3.63, 3.8) is 0 Å². The molecule has 0 radical (unpaired) electrons. The number of fused-ring (bicyclic) bond motifs is 5. The van der Waals surface area contributed by atoms with Gasteiger partial charge < -0.3 is 9.47 Å². The van der Waals surface area contributed by atoms with E-state index >= 15 is 0 Å². The average molecular weight is 381 g/mol. The first-order valence-corrected chi connectivity index (χ1v) is 8.20. The van der Waals surface area contributed by atoms with E-state index in [9.17, 15) is 27.6 Å². The molecule has 27 heavy (non-hydrogen) atoms. The van der Waals surface area contributed by atoms with Crippen LogP contribution in [0.3, 0.4) is 0 Å². The molecule has 2 fully saturated rings. The fourth-order valence-corrected chi connectivity index (χ4v) is 3.96. The Labute approximate surface area is 151 Å². The van der Waals surface area contributed by atoms with Crippen molar-refractivity contribution >= 4 is 23.5 Å². The molecule has 2 amide bonds. The molecule has 142 valence electrons. The topological polar surface area (TPSA) is 72.9 Å². The number of alkyl halides is 3. The van der Waals surface area contributed by atoms with Gasteiger partial charge in [0.2, 0.25) is 11.8 Å². The predicted octanol–water partition coefficient (Wildman–Crippen LogP) is 2.08. The van der Waals surface area contributed by atoms with Crippen LogP contribution < -0.4 is 4.90 Å². The third kappa shape index (κ3) is 2.56. The Hall–Kier alpha value is -2.68. The summed E-state index contributed by atoms with van der Waals surface area (Å²) in [5.74, 6) is -3.66. The van der Waals surface area contributed by atoms with E-state index in [2.05, 4.69) is 0 Å². The Kier molecular flexibility index (Phi) is 3.71. The first-order chi connectivity index (χ1) is 12.6. The van der Waals surface area contributed by atoms with Gasteiger partial charge in [0.25, 0.3) is 0 Å². The number of hydrogen-bond donors (Lipinski definition) is 0. The molecule has 3 aliphatic rings. The zero-order chi connectivity index (χ0) is 19.6. The van der Waals surface area contributed by atoms with E-state index < -0.39 is 53.1 Å². The van der Waals surface area contributed by atoms with E-state index in [-0.39, 0.29) is 12.3 Å². The highest BCUT2D eigenvalue weighted by Gasteiger charge is 2.68. The van der Waals surface area contributed by atoms with Crippen LogP contribution in [-0.2, 0) is 30.0 Å². The van der Waals surface area contributed by atoms with Crippen LogP contribution in [0.5, 0.6) is 0 Å². The van der Waals surface area contributed by atoms with Crippen LogP contribution in [0.15, 0.2) is 36.4 Å². The number of nitrogens with zero attached hydrogens (tertiary/aromatic N) is 1. The molecule has 4 atom stereocenters. The summed E-state index contributed by atoms with van der Waals surface area (Å²) in [5, 5.41) is 0. The van der Waals surface area contributed by atoms with Crippen LogP contribution in [0, 0.1) is 11.8 Å². The second-order valence-electron chi connectivity index (χ2n) is 6.74. The first-order valence-electron chi connectivity index (χ1n) is 8.20. The molecule has 0 aromatic heterocycles. The summed E-state index contributed by atoms with van der Waals surface area (Å²) in [6.45, 7) is 0.960. The second kappa shape index (κ2) is 5.66. The molecule has 0 spiro atoms. The monoisotopic (exact) mass is 381 g/mol. The number of anilines is 1. The van der Waals surface area contributed by atoms with Crippen LogP contribution in [0.25, 0.3) is 0 Å². The quantitative estimate of drug-likeness (QED) is 0.455. The van der Waals surface area contributed by atoms with E-state index in [0.29, 0.717) is 0 Å². The zero-order valence-electron chi connectivity index (χ0n) is 14.0. The standard InChI is InChI=1S/C18H14F3NO5/c1-9(23)26-8-17-6-5-12(27-17)13-14(17)16(25)22(15(13)24)11-4-2-3-10(7-11)18(19,20)21/h2-7,12-14H,8H2,1H3/t12-,13+,14-,17-/m1/s1. The number of carbonyl (C=O) groups excluding carboxylic acids is 3. The van der Waals surface area contributed by atoms with E-state index in [0.717, 1.165) is 23.1 Å². The molecule has 0 unspecified atom stereocenters. The lowest BCUT2D eigenvalue weighted by molar-refractivity contribution is -0.150. The minimum absolute atomic E-state index is 0.142. The lowest BCUT2D eigenvalue weighted by Gasteiger charge is -2.28. The molecule has 3 aliphatic heterocycles. The largest absolute Gasteiger partial charge is 0.462 e. The van der Waals surface area contributed by atoms with Gasteiger partial charge in [0.05, 0.1) is 29.2 Å². The van der Waals surface area contributed by atoms with Gasteiger partial charge in [-0.15, -0.1) is 0 Å². The number of hydrogen-bond acceptors (Lipinski definition) is 5. The van der Waals surface area contributed by atoms with E-state index in [4.69, 9.17) is 9.47 Å². The van der Waals surface area contributed by atoms with Gasteiger partial charge in [0.1, 0.15) is 12.2 Å². The summed E-state index contributed by atoms with van der Waals surface area (Å²) in [6, 6.07) is 4.06. The lowest BCUT2D eigenvalue weighted by atomic mass is 9.77. The Morgan fingerprint density at radius 1 is 1.30 bits per heavy atom. The first kappa shape index (κ1) is 17.7. The van der Waals surface area contributed by atoms with E-state index in [1.165, 1.54) is 13.0 Å². The predicted molar refractivity (Wildman–Crippen MR) is 84.3 cm³/mol. The number of amides is 2. The number of halogens is 3. The Morgan fingerprint density at radius 2 is 2.04 bits per heavy atom. The molecule has 6 nitrogen and oxygen atoms in total. The minimum atomic E-state index is -4.60. The SMILES string of the molecule is CC(=O)OC[C@@]12C=C[C@@H](O1)[C@@H]1C(=O)N(c3cccc(C(F)(F)F)c3)C(=O)[C@@H]12. The molecule has 0 aliphatic carbocycles. The van der Waals surface area contributed by atoms with Gasteiger partial charge in [-0.1, -0.05) is 12.1 Å². The van der Waals surface area contributed by atoms with E-state index in [1.807, 2.05) is 0 Å². The summed E-state index contributed by atoms with van der Waals surface area (Å²) in [4.78, 5) is 37.7. The highest BCUT2D eigenvalue weighted by atomic mass is 19.4. The number of benzene rings is 1. The summed E-state index contributed by atoms with van der Waals surface area (Å²) >= 11 is 0. The summed E-state index contributed by atoms with van der Waals surface area (Å²) < 4.78 is 49.7. The highest BCUT2D eigenvalue weighted by Crippen LogP contribution is 2.52. The molecule has 2 saturated heterocycles. The number of carbonyl (C=O) groups is 3. The maximum Gasteiger partial charge on any atom is 0.416 e. The van der Waals surface area contributed by atoms with Gasteiger partial charge >= 0.3 is 12.1 Å². The molecular weight excluding hydrogens is 367 g/mol. The maximum absolute atomic E-state index is 13.0.